The molecule has 0 aromatic carbocycles. The van der Waals surface area contributed by atoms with Crippen molar-refractivity contribution >= 4 is 17.8 Å². The second kappa shape index (κ2) is 11.5. The lowest BCUT2D eigenvalue weighted by atomic mass is 9.69. The summed E-state index contributed by atoms with van der Waals surface area (Å²) in [6.45, 7) is 8.50. The Labute approximate surface area is 180 Å². The van der Waals surface area contributed by atoms with E-state index < -0.39 is 17.9 Å². The van der Waals surface area contributed by atoms with Crippen LogP contribution in [0.4, 0.5) is 0 Å². The maximum absolute atomic E-state index is 13.5. The minimum absolute atomic E-state index is 0.0211. The monoisotopic (exact) mass is 422 g/mol. The molecule has 2 amide bonds. The van der Waals surface area contributed by atoms with E-state index in [4.69, 9.17) is 9.84 Å². The van der Waals surface area contributed by atoms with Crippen LogP contribution in [0.25, 0.3) is 0 Å². The number of hydrogen-bond donors (Lipinski definition) is 2. The van der Waals surface area contributed by atoms with Crippen LogP contribution in [0.5, 0.6) is 0 Å². The first-order valence-corrected chi connectivity index (χ1v) is 11.5. The van der Waals surface area contributed by atoms with Crippen molar-refractivity contribution in [2.75, 3.05) is 19.8 Å². The molecule has 1 aliphatic carbocycles. The fourth-order valence-electron chi connectivity index (χ4n) is 4.92. The molecule has 7 heteroatoms. The molecule has 1 aliphatic heterocycles. The number of unbranched alkanes of at least 4 members (excludes halogenated alkanes) is 1. The minimum Gasteiger partial charge on any atom is -0.466 e. The van der Waals surface area contributed by atoms with Crippen LogP contribution in [-0.4, -0.2) is 59.6 Å². The molecule has 1 saturated heterocycles. The smallest absolute Gasteiger partial charge is 0.310 e. The fourth-order valence-corrected chi connectivity index (χ4v) is 4.92. The summed E-state index contributed by atoms with van der Waals surface area (Å²) in [4.78, 5) is 41.1. The Hall–Kier alpha value is -1.89. The van der Waals surface area contributed by atoms with E-state index in [0.717, 1.165) is 19.3 Å². The molecular formula is C23H38N2O5. The summed E-state index contributed by atoms with van der Waals surface area (Å²) in [6.07, 6.45) is 7.68. The lowest BCUT2D eigenvalue weighted by Crippen LogP contribution is -2.49. The van der Waals surface area contributed by atoms with Crippen LogP contribution >= 0.6 is 0 Å². The van der Waals surface area contributed by atoms with Gasteiger partial charge in [0.15, 0.2) is 0 Å². The zero-order valence-corrected chi connectivity index (χ0v) is 18.8. The van der Waals surface area contributed by atoms with Crippen LogP contribution in [0.15, 0.2) is 12.2 Å². The van der Waals surface area contributed by atoms with Crippen LogP contribution in [0, 0.1) is 23.7 Å². The van der Waals surface area contributed by atoms with Gasteiger partial charge in [-0.05, 0) is 45.4 Å². The van der Waals surface area contributed by atoms with Gasteiger partial charge in [-0.15, -0.1) is 0 Å². The maximum Gasteiger partial charge on any atom is 0.310 e. The SMILES string of the molecule is CCCC(C)NC(=O)[C@@H]1[C@H]2C=C[C@@H](CC)[C@@H](C(=O)OCC)[C@H]2C(=O)N1CCCCO. The molecule has 30 heavy (non-hydrogen) atoms. The molecule has 0 radical (unpaired) electrons. The molecule has 1 unspecified atom stereocenters. The van der Waals surface area contributed by atoms with E-state index in [2.05, 4.69) is 12.2 Å². The quantitative estimate of drug-likeness (QED) is 0.303. The van der Waals surface area contributed by atoms with Crippen molar-refractivity contribution in [1.82, 2.24) is 10.2 Å². The lowest BCUT2D eigenvalue weighted by molar-refractivity contribution is -0.155. The highest BCUT2D eigenvalue weighted by Crippen LogP contribution is 2.45. The number of ether oxygens (including phenoxy) is 1. The van der Waals surface area contributed by atoms with Crippen molar-refractivity contribution in [2.45, 2.75) is 71.9 Å². The van der Waals surface area contributed by atoms with E-state index in [9.17, 15) is 14.4 Å². The van der Waals surface area contributed by atoms with Crippen molar-refractivity contribution in [3.05, 3.63) is 12.2 Å². The normalized spacial score (nSPS) is 28.9. The second-order valence-electron chi connectivity index (χ2n) is 8.44. The van der Waals surface area contributed by atoms with Crippen molar-refractivity contribution in [1.29, 1.82) is 0 Å². The average molecular weight is 423 g/mol. The topological polar surface area (TPSA) is 95.9 Å². The van der Waals surface area contributed by atoms with Gasteiger partial charge in [0, 0.05) is 25.1 Å². The molecule has 7 nitrogen and oxygen atoms in total. The Bertz CT molecular complexity index is 635. The van der Waals surface area contributed by atoms with E-state index in [1.165, 1.54) is 0 Å². The van der Waals surface area contributed by atoms with Gasteiger partial charge in [-0.3, -0.25) is 14.4 Å². The zero-order valence-electron chi connectivity index (χ0n) is 18.8. The highest BCUT2D eigenvalue weighted by molar-refractivity contribution is 5.96. The average Bonchev–Trinajstić information content (AvgIpc) is 2.99. The molecule has 0 aromatic rings. The molecule has 170 valence electrons. The molecule has 0 aromatic heterocycles. The minimum atomic E-state index is -0.633. The maximum atomic E-state index is 13.5. The predicted octanol–water partition coefficient (Wildman–Crippen LogP) is 2.28. The first-order chi connectivity index (χ1) is 14.4. The van der Waals surface area contributed by atoms with Crippen molar-refractivity contribution in [3.8, 4) is 0 Å². The number of allylic oxidation sites excluding steroid dienone is 1. The van der Waals surface area contributed by atoms with Crippen molar-refractivity contribution in [2.24, 2.45) is 23.7 Å². The molecule has 2 rings (SSSR count). The van der Waals surface area contributed by atoms with E-state index in [0.29, 0.717) is 19.4 Å². The van der Waals surface area contributed by atoms with Gasteiger partial charge < -0.3 is 20.1 Å². The summed E-state index contributed by atoms with van der Waals surface area (Å²) >= 11 is 0. The molecule has 0 saturated carbocycles. The predicted molar refractivity (Wildman–Crippen MR) is 114 cm³/mol. The Morgan fingerprint density at radius 1 is 1.23 bits per heavy atom. The fraction of sp³-hybridized carbons (Fsp3) is 0.783. The van der Waals surface area contributed by atoms with Gasteiger partial charge in [0.2, 0.25) is 11.8 Å². The molecule has 1 fully saturated rings. The lowest BCUT2D eigenvalue weighted by Gasteiger charge is -2.33. The Morgan fingerprint density at radius 3 is 2.57 bits per heavy atom. The molecule has 6 atom stereocenters. The van der Waals surface area contributed by atoms with Crippen LogP contribution in [0.2, 0.25) is 0 Å². The van der Waals surface area contributed by atoms with Crippen molar-refractivity contribution in [3.63, 3.8) is 0 Å². The molecule has 0 bridgehead atoms. The number of likely N-dealkylation sites (tertiary alicyclic amines) is 1. The summed E-state index contributed by atoms with van der Waals surface area (Å²) < 4.78 is 5.32. The summed E-state index contributed by atoms with van der Waals surface area (Å²) in [5.74, 6) is -2.24. The summed E-state index contributed by atoms with van der Waals surface area (Å²) in [7, 11) is 0. The third-order valence-electron chi connectivity index (χ3n) is 6.33. The number of aliphatic hydroxyl groups excluding tert-OH is 1. The number of carbonyl (C=O) groups excluding carboxylic acids is 3. The molecule has 0 spiro atoms. The molecule has 2 N–H and O–H groups in total. The summed E-state index contributed by atoms with van der Waals surface area (Å²) in [6, 6.07) is -0.612. The van der Waals surface area contributed by atoms with Gasteiger partial charge in [-0.25, -0.2) is 0 Å². The van der Waals surface area contributed by atoms with E-state index in [1.807, 2.05) is 26.0 Å². The van der Waals surface area contributed by atoms with Crippen molar-refractivity contribution < 1.29 is 24.2 Å². The van der Waals surface area contributed by atoms with Gasteiger partial charge in [-0.1, -0.05) is 32.4 Å². The van der Waals surface area contributed by atoms with E-state index in [1.54, 1.807) is 11.8 Å². The van der Waals surface area contributed by atoms with E-state index >= 15 is 0 Å². The standard InChI is InChI=1S/C23H38N2O5/c1-5-10-15(4)24-21(27)20-17-12-11-16(6-2)18(23(29)30-7-3)19(17)22(28)25(20)13-8-9-14-26/h11-12,15-20,26H,5-10,13-14H2,1-4H3,(H,24,27)/t15?,16-,17+,18-,19+,20+/m1/s1. The third-order valence-corrected chi connectivity index (χ3v) is 6.33. The highest BCUT2D eigenvalue weighted by atomic mass is 16.5. The number of carbonyl (C=O) groups is 3. The van der Waals surface area contributed by atoms with Gasteiger partial charge in [0.25, 0.3) is 0 Å². The Balaban J connectivity index is 2.36. The van der Waals surface area contributed by atoms with Crippen LogP contribution in [0.3, 0.4) is 0 Å². The number of esters is 1. The highest BCUT2D eigenvalue weighted by Gasteiger charge is 2.57. The third kappa shape index (κ3) is 5.23. The van der Waals surface area contributed by atoms with Gasteiger partial charge >= 0.3 is 5.97 Å². The number of fused-ring (bicyclic) bond motifs is 1. The molecule has 2 aliphatic rings. The van der Waals surface area contributed by atoms with Crippen LogP contribution in [-0.2, 0) is 19.1 Å². The number of rotatable bonds is 11. The van der Waals surface area contributed by atoms with Gasteiger partial charge in [-0.2, -0.15) is 0 Å². The van der Waals surface area contributed by atoms with Crippen LogP contribution in [0.1, 0.15) is 59.8 Å². The summed E-state index contributed by atoms with van der Waals surface area (Å²) in [5, 5.41) is 12.2. The number of aliphatic hydroxyl groups is 1. The number of hydrogen-bond acceptors (Lipinski definition) is 5. The second-order valence-corrected chi connectivity index (χ2v) is 8.44. The van der Waals surface area contributed by atoms with E-state index in [-0.39, 0.29) is 48.9 Å². The first kappa shape index (κ1) is 24.4. The Morgan fingerprint density at radius 2 is 1.97 bits per heavy atom. The zero-order chi connectivity index (χ0) is 22.3. The first-order valence-electron chi connectivity index (χ1n) is 11.5. The number of nitrogens with zero attached hydrogens (tertiary/aromatic N) is 1. The number of nitrogens with one attached hydrogen (secondary N) is 1. The van der Waals surface area contributed by atoms with Crippen LogP contribution < -0.4 is 5.32 Å². The largest absolute Gasteiger partial charge is 0.466 e. The molecular weight excluding hydrogens is 384 g/mol. The number of amides is 2. The van der Waals surface area contributed by atoms with Gasteiger partial charge in [0.05, 0.1) is 18.4 Å². The molecule has 1 heterocycles. The Kier molecular flexibility index (Phi) is 9.34. The van der Waals surface area contributed by atoms with Gasteiger partial charge in [0.1, 0.15) is 6.04 Å². The summed E-state index contributed by atoms with van der Waals surface area (Å²) in [5.41, 5.74) is 0.